The van der Waals surface area contributed by atoms with Crippen molar-refractivity contribution in [1.82, 2.24) is 0 Å². The second-order valence-electron chi connectivity index (χ2n) is 4.22. The Kier molecular flexibility index (Phi) is 5.07. The van der Waals surface area contributed by atoms with Crippen molar-refractivity contribution >= 4 is 15.8 Å². The minimum absolute atomic E-state index is 0.0798. The summed E-state index contributed by atoms with van der Waals surface area (Å²) < 4.78 is 41.6. The first-order valence-electron chi connectivity index (χ1n) is 5.81. The number of phenols is 1. The molecule has 0 bridgehead atoms. The summed E-state index contributed by atoms with van der Waals surface area (Å²) >= 11 is 0. The molecule has 3 N–H and O–H groups in total. The Morgan fingerprint density at radius 1 is 1.50 bits per heavy atom. The molecular formula is C12H16FNO5S. The number of hydrogen-bond donors (Lipinski definition) is 2. The summed E-state index contributed by atoms with van der Waals surface area (Å²) in [5.74, 6) is -2.49. The zero-order chi connectivity index (χ0) is 15.5. The van der Waals surface area contributed by atoms with Gasteiger partial charge in [-0.1, -0.05) is 6.07 Å². The van der Waals surface area contributed by atoms with Crippen molar-refractivity contribution in [2.75, 3.05) is 12.9 Å². The molecule has 112 valence electrons. The molecule has 1 aromatic rings. The standard InChI is InChI=1S/C12H16FNO5S/c1-3-19-12(16)8(14)6-7-4-5-9(15)11(10(7)13)20(2,17)18/h4-5,8,15H,3,6,14H2,1-2H3. The quantitative estimate of drug-likeness (QED) is 0.761. The third-order valence-electron chi connectivity index (χ3n) is 2.56. The summed E-state index contributed by atoms with van der Waals surface area (Å²) in [6.45, 7) is 1.74. The highest BCUT2D eigenvalue weighted by Crippen LogP contribution is 2.28. The van der Waals surface area contributed by atoms with Crippen LogP contribution < -0.4 is 5.73 Å². The molecule has 0 amide bonds. The molecule has 0 fully saturated rings. The zero-order valence-electron chi connectivity index (χ0n) is 11.1. The lowest BCUT2D eigenvalue weighted by atomic mass is 10.1. The van der Waals surface area contributed by atoms with Crippen LogP contribution in [0.4, 0.5) is 4.39 Å². The van der Waals surface area contributed by atoms with Gasteiger partial charge in [-0.2, -0.15) is 0 Å². The number of rotatable bonds is 5. The Morgan fingerprint density at radius 3 is 2.60 bits per heavy atom. The Bertz CT molecular complexity index is 615. The third-order valence-corrected chi connectivity index (χ3v) is 3.69. The van der Waals surface area contributed by atoms with E-state index >= 15 is 0 Å². The lowest BCUT2D eigenvalue weighted by Crippen LogP contribution is -2.34. The number of phenolic OH excluding ortho intramolecular Hbond substituents is 1. The third kappa shape index (κ3) is 3.67. The predicted octanol–water partition coefficient (Wildman–Crippen LogP) is 0.368. The fraction of sp³-hybridized carbons (Fsp3) is 0.417. The van der Waals surface area contributed by atoms with Crippen LogP contribution in [0.2, 0.25) is 0 Å². The van der Waals surface area contributed by atoms with Crippen molar-refractivity contribution in [2.45, 2.75) is 24.3 Å². The number of aromatic hydroxyl groups is 1. The lowest BCUT2D eigenvalue weighted by Gasteiger charge is -2.13. The molecule has 20 heavy (non-hydrogen) atoms. The molecule has 0 heterocycles. The van der Waals surface area contributed by atoms with Gasteiger partial charge in [0.25, 0.3) is 0 Å². The molecule has 1 atom stereocenters. The van der Waals surface area contributed by atoms with Crippen molar-refractivity contribution in [2.24, 2.45) is 5.73 Å². The molecule has 1 aromatic carbocycles. The van der Waals surface area contributed by atoms with Crippen molar-refractivity contribution < 1.29 is 27.4 Å². The highest BCUT2D eigenvalue weighted by atomic mass is 32.2. The Morgan fingerprint density at radius 2 is 2.10 bits per heavy atom. The van der Waals surface area contributed by atoms with Crippen LogP contribution in [-0.2, 0) is 25.8 Å². The maximum atomic E-state index is 14.1. The van der Waals surface area contributed by atoms with Crippen LogP contribution in [0, 0.1) is 5.82 Å². The molecule has 6 nitrogen and oxygen atoms in total. The first-order chi connectivity index (χ1) is 9.18. The molecule has 1 unspecified atom stereocenters. The highest BCUT2D eigenvalue weighted by Gasteiger charge is 2.24. The molecule has 0 aromatic heterocycles. The van der Waals surface area contributed by atoms with Gasteiger partial charge < -0.3 is 15.6 Å². The minimum Gasteiger partial charge on any atom is -0.506 e. The van der Waals surface area contributed by atoms with E-state index in [1.165, 1.54) is 6.07 Å². The number of esters is 1. The molecule has 0 aliphatic heterocycles. The topological polar surface area (TPSA) is 107 Å². The maximum Gasteiger partial charge on any atom is 0.323 e. The lowest BCUT2D eigenvalue weighted by molar-refractivity contribution is -0.144. The van der Waals surface area contributed by atoms with Gasteiger partial charge in [-0.3, -0.25) is 4.79 Å². The number of halogens is 1. The van der Waals surface area contributed by atoms with Gasteiger partial charge >= 0.3 is 5.97 Å². The van der Waals surface area contributed by atoms with E-state index in [0.717, 1.165) is 12.3 Å². The van der Waals surface area contributed by atoms with Gasteiger partial charge in [-0.15, -0.1) is 0 Å². The average Bonchev–Trinajstić information content (AvgIpc) is 2.31. The van der Waals surface area contributed by atoms with Gasteiger partial charge in [0.15, 0.2) is 9.84 Å². The second-order valence-corrected chi connectivity index (χ2v) is 6.17. The van der Waals surface area contributed by atoms with Crippen molar-refractivity contribution in [3.63, 3.8) is 0 Å². The van der Waals surface area contributed by atoms with E-state index in [0.29, 0.717) is 0 Å². The molecule has 0 saturated heterocycles. The minimum atomic E-state index is -3.93. The summed E-state index contributed by atoms with van der Waals surface area (Å²) in [7, 11) is -3.93. The molecule has 0 radical (unpaired) electrons. The monoisotopic (exact) mass is 305 g/mol. The Labute approximate surface area is 116 Å². The summed E-state index contributed by atoms with van der Waals surface area (Å²) in [6, 6.07) is 1.12. The van der Waals surface area contributed by atoms with E-state index in [4.69, 9.17) is 5.73 Å². The van der Waals surface area contributed by atoms with Crippen LogP contribution in [0.1, 0.15) is 12.5 Å². The van der Waals surface area contributed by atoms with Crippen LogP contribution in [0.5, 0.6) is 5.75 Å². The Balaban J connectivity index is 3.13. The van der Waals surface area contributed by atoms with E-state index < -0.39 is 38.3 Å². The first kappa shape index (κ1) is 16.4. The van der Waals surface area contributed by atoms with Gasteiger partial charge in [0.2, 0.25) is 0 Å². The maximum absolute atomic E-state index is 14.1. The van der Waals surface area contributed by atoms with Crippen LogP contribution in [0.3, 0.4) is 0 Å². The van der Waals surface area contributed by atoms with E-state index in [9.17, 15) is 22.7 Å². The van der Waals surface area contributed by atoms with Crippen molar-refractivity contribution in [1.29, 1.82) is 0 Å². The first-order valence-corrected chi connectivity index (χ1v) is 7.70. The summed E-state index contributed by atoms with van der Waals surface area (Å²) in [4.78, 5) is 10.6. The van der Waals surface area contributed by atoms with Gasteiger partial charge in [0.1, 0.15) is 22.5 Å². The average molecular weight is 305 g/mol. The number of carbonyl (C=O) groups is 1. The molecule has 1 rings (SSSR count). The Hall–Kier alpha value is -1.67. The SMILES string of the molecule is CCOC(=O)C(N)Cc1ccc(O)c(S(C)(=O)=O)c1F. The summed E-state index contributed by atoms with van der Waals surface area (Å²) in [5.41, 5.74) is 5.47. The van der Waals surface area contributed by atoms with Gasteiger partial charge in [-0.05, 0) is 18.6 Å². The molecule has 0 spiro atoms. The van der Waals surface area contributed by atoms with E-state index in [1.54, 1.807) is 6.92 Å². The van der Waals surface area contributed by atoms with Gasteiger partial charge in [-0.25, -0.2) is 12.8 Å². The second kappa shape index (κ2) is 6.19. The van der Waals surface area contributed by atoms with E-state index in [1.807, 2.05) is 0 Å². The normalized spacial score (nSPS) is 13.0. The number of ether oxygens (including phenoxy) is 1. The van der Waals surface area contributed by atoms with E-state index in [-0.39, 0.29) is 18.6 Å². The predicted molar refractivity (Wildman–Crippen MR) is 69.5 cm³/mol. The van der Waals surface area contributed by atoms with Crippen molar-refractivity contribution in [3.05, 3.63) is 23.5 Å². The molecule has 8 heteroatoms. The number of carbonyl (C=O) groups excluding carboxylic acids is 1. The smallest absolute Gasteiger partial charge is 0.323 e. The molecule has 0 saturated carbocycles. The van der Waals surface area contributed by atoms with E-state index in [2.05, 4.69) is 4.74 Å². The number of hydrogen-bond acceptors (Lipinski definition) is 6. The van der Waals surface area contributed by atoms with Crippen LogP contribution >= 0.6 is 0 Å². The molecular weight excluding hydrogens is 289 g/mol. The van der Waals surface area contributed by atoms with Gasteiger partial charge in [0.05, 0.1) is 6.61 Å². The molecule has 0 aliphatic rings. The van der Waals surface area contributed by atoms with Crippen LogP contribution in [0.25, 0.3) is 0 Å². The highest BCUT2D eigenvalue weighted by molar-refractivity contribution is 7.90. The van der Waals surface area contributed by atoms with Crippen LogP contribution in [0.15, 0.2) is 17.0 Å². The summed E-state index contributed by atoms with van der Waals surface area (Å²) in [6.07, 6.45) is 0.549. The van der Waals surface area contributed by atoms with Crippen molar-refractivity contribution in [3.8, 4) is 5.75 Å². The number of sulfone groups is 1. The zero-order valence-corrected chi connectivity index (χ0v) is 11.9. The molecule has 0 aliphatic carbocycles. The van der Waals surface area contributed by atoms with Gasteiger partial charge in [0, 0.05) is 12.7 Å². The largest absolute Gasteiger partial charge is 0.506 e. The van der Waals surface area contributed by atoms with Crippen LogP contribution in [-0.4, -0.2) is 38.4 Å². The fourth-order valence-electron chi connectivity index (χ4n) is 1.67. The fourth-order valence-corrected chi connectivity index (χ4v) is 2.57. The number of benzene rings is 1. The summed E-state index contributed by atoms with van der Waals surface area (Å²) in [5, 5.41) is 9.44. The number of nitrogens with two attached hydrogens (primary N) is 1.